The van der Waals surface area contributed by atoms with Crippen LogP contribution in [-0.2, 0) is 4.74 Å². The fourth-order valence-corrected chi connectivity index (χ4v) is 1.88. The molecule has 5 nitrogen and oxygen atoms in total. The van der Waals surface area contributed by atoms with Crippen molar-refractivity contribution in [3.63, 3.8) is 0 Å². The topological polar surface area (TPSA) is 68.7 Å². The number of ether oxygens (including phenoxy) is 2. The number of aromatic carboxylic acids is 1. The smallest absolute Gasteiger partial charge is 0.339 e. The zero-order chi connectivity index (χ0) is 12.3. The van der Waals surface area contributed by atoms with Gasteiger partial charge in [0.2, 0.25) is 0 Å². The van der Waals surface area contributed by atoms with Crippen LogP contribution in [0.2, 0.25) is 0 Å². The van der Waals surface area contributed by atoms with E-state index in [9.17, 15) is 4.79 Å². The highest BCUT2D eigenvalue weighted by Crippen LogP contribution is 2.29. The summed E-state index contributed by atoms with van der Waals surface area (Å²) < 4.78 is 10.7. The van der Waals surface area contributed by atoms with Gasteiger partial charge in [-0.1, -0.05) is 0 Å². The van der Waals surface area contributed by atoms with E-state index in [1.165, 1.54) is 6.20 Å². The van der Waals surface area contributed by atoms with Gasteiger partial charge < -0.3 is 14.6 Å². The van der Waals surface area contributed by atoms with Crippen LogP contribution in [0.25, 0.3) is 0 Å². The Morgan fingerprint density at radius 2 is 2.53 bits per heavy atom. The van der Waals surface area contributed by atoms with E-state index in [4.69, 9.17) is 14.6 Å². The van der Waals surface area contributed by atoms with E-state index in [0.29, 0.717) is 24.7 Å². The first kappa shape index (κ1) is 11.9. The van der Waals surface area contributed by atoms with Crippen molar-refractivity contribution >= 4 is 5.97 Å². The largest absolute Gasteiger partial charge is 0.491 e. The number of nitrogens with zero attached hydrogens (tertiary/aromatic N) is 1. The van der Waals surface area contributed by atoms with Gasteiger partial charge in [-0.05, 0) is 25.8 Å². The molecule has 1 fully saturated rings. The van der Waals surface area contributed by atoms with Crippen molar-refractivity contribution in [3.8, 4) is 5.75 Å². The number of pyridine rings is 1. The molecule has 5 heteroatoms. The van der Waals surface area contributed by atoms with E-state index in [-0.39, 0.29) is 11.7 Å². The SMILES string of the molecule is CCOc1cnc(C2CCCO2)cc1C(=O)O. The predicted molar refractivity (Wildman–Crippen MR) is 60.3 cm³/mol. The molecule has 1 aromatic heterocycles. The van der Waals surface area contributed by atoms with Gasteiger partial charge in [0.15, 0.2) is 5.75 Å². The molecule has 0 bridgehead atoms. The molecule has 1 aliphatic heterocycles. The van der Waals surface area contributed by atoms with Gasteiger partial charge in [-0.15, -0.1) is 0 Å². The van der Waals surface area contributed by atoms with Gasteiger partial charge in [0.25, 0.3) is 0 Å². The van der Waals surface area contributed by atoms with Crippen LogP contribution >= 0.6 is 0 Å². The molecule has 1 saturated heterocycles. The highest BCUT2D eigenvalue weighted by molar-refractivity contribution is 5.90. The quantitative estimate of drug-likeness (QED) is 0.867. The Balaban J connectivity index is 2.30. The van der Waals surface area contributed by atoms with Gasteiger partial charge in [-0.25, -0.2) is 4.79 Å². The molecule has 1 aromatic rings. The van der Waals surface area contributed by atoms with Crippen molar-refractivity contribution in [2.75, 3.05) is 13.2 Å². The van der Waals surface area contributed by atoms with Crippen LogP contribution in [0.1, 0.15) is 41.9 Å². The van der Waals surface area contributed by atoms with Crippen molar-refractivity contribution in [2.24, 2.45) is 0 Å². The van der Waals surface area contributed by atoms with Crippen LogP contribution < -0.4 is 4.74 Å². The Kier molecular flexibility index (Phi) is 3.58. The minimum absolute atomic E-state index is 0.0798. The van der Waals surface area contributed by atoms with Crippen molar-refractivity contribution in [2.45, 2.75) is 25.9 Å². The van der Waals surface area contributed by atoms with Gasteiger partial charge in [-0.2, -0.15) is 0 Å². The lowest BCUT2D eigenvalue weighted by Crippen LogP contribution is -2.07. The fraction of sp³-hybridized carbons (Fsp3) is 0.500. The second kappa shape index (κ2) is 5.14. The fourth-order valence-electron chi connectivity index (χ4n) is 1.88. The predicted octanol–water partition coefficient (Wildman–Crippen LogP) is 2.03. The van der Waals surface area contributed by atoms with Crippen LogP contribution in [0.5, 0.6) is 5.75 Å². The second-order valence-electron chi connectivity index (χ2n) is 3.85. The lowest BCUT2D eigenvalue weighted by molar-refractivity contribution is 0.0691. The Morgan fingerprint density at radius 3 is 3.12 bits per heavy atom. The van der Waals surface area contributed by atoms with Crippen molar-refractivity contribution < 1.29 is 19.4 Å². The third-order valence-electron chi connectivity index (χ3n) is 2.68. The molecule has 1 unspecified atom stereocenters. The van der Waals surface area contributed by atoms with E-state index in [1.807, 2.05) is 0 Å². The average Bonchev–Trinajstić information content (AvgIpc) is 2.83. The number of hydrogen-bond donors (Lipinski definition) is 1. The van der Waals surface area contributed by atoms with Crippen molar-refractivity contribution in [1.82, 2.24) is 4.98 Å². The number of carboxylic acids is 1. The Morgan fingerprint density at radius 1 is 1.71 bits per heavy atom. The normalized spacial score (nSPS) is 19.2. The van der Waals surface area contributed by atoms with Crippen LogP contribution in [0, 0.1) is 0 Å². The zero-order valence-electron chi connectivity index (χ0n) is 9.68. The van der Waals surface area contributed by atoms with Gasteiger partial charge >= 0.3 is 5.97 Å². The first-order valence-corrected chi connectivity index (χ1v) is 5.70. The van der Waals surface area contributed by atoms with Gasteiger partial charge in [-0.3, -0.25) is 4.98 Å². The summed E-state index contributed by atoms with van der Waals surface area (Å²) in [5.74, 6) is -0.697. The molecular weight excluding hydrogens is 222 g/mol. The molecule has 2 heterocycles. The Hall–Kier alpha value is -1.62. The molecule has 0 spiro atoms. The van der Waals surface area contributed by atoms with Crippen LogP contribution in [0.15, 0.2) is 12.3 Å². The van der Waals surface area contributed by atoms with E-state index in [0.717, 1.165) is 12.8 Å². The highest BCUT2D eigenvalue weighted by atomic mass is 16.5. The number of rotatable bonds is 4. The molecule has 1 atom stereocenters. The number of hydrogen-bond acceptors (Lipinski definition) is 4. The molecule has 2 rings (SSSR count). The maximum Gasteiger partial charge on any atom is 0.339 e. The van der Waals surface area contributed by atoms with Crippen LogP contribution in [-0.4, -0.2) is 29.3 Å². The van der Waals surface area contributed by atoms with E-state index < -0.39 is 5.97 Å². The summed E-state index contributed by atoms with van der Waals surface area (Å²) in [4.78, 5) is 15.3. The minimum Gasteiger partial charge on any atom is -0.491 e. The molecule has 0 aromatic carbocycles. The van der Waals surface area contributed by atoms with Crippen LogP contribution in [0.3, 0.4) is 0 Å². The second-order valence-corrected chi connectivity index (χ2v) is 3.85. The van der Waals surface area contributed by atoms with Crippen molar-refractivity contribution in [3.05, 3.63) is 23.5 Å². The monoisotopic (exact) mass is 237 g/mol. The molecule has 92 valence electrons. The molecule has 1 aliphatic rings. The maximum absolute atomic E-state index is 11.1. The van der Waals surface area contributed by atoms with Crippen molar-refractivity contribution in [1.29, 1.82) is 0 Å². The highest BCUT2D eigenvalue weighted by Gasteiger charge is 2.22. The molecular formula is C12H15NO4. The minimum atomic E-state index is -1.00. The number of aromatic nitrogens is 1. The maximum atomic E-state index is 11.1. The average molecular weight is 237 g/mol. The summed E-state index contributed by atoms with van der Waals surface area (Å²) in [6.45, 7) is 2.93. The standard InChI is InChI=1S/C12H15NO4/c1-2-16-11-7-13-9(6-8(11)12(14)15)10-4-3-5-17-10/h6-7,10H,2-5H2,1H3,(H,14,15). The first-order valence-electron chi connectivity index (χ1n) is 5.70. The summed E-state index contributed by atoms with van der Waals surface area (Å²) in [6.07, 6.45) is 3.26. The van der Waals surface area contributed by atoms with Gasteiger partial charge in [0.1, 0.15) is 5.56 Å². The molecule has 0 aliphatic carbocycles. The van der Waals surface area contributed by atoms with Crippen LogP contribution in [0.4, 0.5) is 0 Å². The molecule has 0 radical (unpaired) electrons. The number of carboxylic acid groups (broad SMARTS) is 1. The summed E-state index contributed by atoms with van der Waals surface area (Å²) in [6, 6.07) is 1.54. The van der Waals surface area contributed by atoms with Gasteiger partial charge in [0.05, 0.1) is 24.6 Å². The summed E-state index contributed by atoms with van der Waals surface area (Å²) in [5, 5.41) is 9.11. The zero-order valence-corrected chi connectivity index (χ0v) is 9.68. The number of carbonyl (C=O) groups is 1. The van der Waals surface area contributed by atoms with E-state index in [1.54, 1.807) is 13.0 Å². The van der Waals surface area contributed by atoms with Gasteiger partial charge in [0, 0.05) is 6.61 Å². The third-order valence-corrected chi connectivity index (χ3v) is 2.68. The molecule has 0 amide bonds. The molecule has 17 heavy (non-hydrogen) atoms. The molecule has 1 N–H and O–H groups in total. The Labute approximate surface area is 99.4 Å². The summed E-state index contributed by atoms with van der Waals surface area (Å²) in [5.41, 5.74) is 0.815. The summed E-state index contributed by atoms with van der Waals surface area (Å²) in [7, 11) is 0. The third kappa shape index (κ3) is 2.55. The van der Waals surface area contributed by atoms with E-state index >= 15 is 0 Å². The summed E-state index contributed by atoms with van der Waals surface area (Å²) >= 11 is 0. The first-order chi connectivity index (χ1) is 8.22. The lowest BCUT2D eigenvalue weighted by atomic mass is 10.1. The Bertz CT molecular complexity index is 413. The van der Waals surface area contributed by atoms with E-state index in [2.05, 4.69) is 4.98 Å². The molecule has 0 saturated carbocycles. The lowest BCUT2D eigenvalue weighted by Gasteiger charge is -2.12.